The zero-order chi connectivity index (χ0) is 58.1. The van der Waals surface area contributed by atoms with Crippen molar-refractivity contribution < 1.29 is 64.6 Å². The van der Waals surface area contributed by atoms with E-state index in [4.69, 9.17) is 18.9 Å². The minimum Gasteiger partial charge on any atom is -0.394 e. The molecule has 2 aliphatic rings. The molecule has 1 amide bonds. The number of aliphatic hydroxyl groups excluding tert-OH is 8. The summed E-state index contributed by atoms with van der Waals surface area (Å²) in [5.41, 5.74) is 0. The molecule has 14 heteroatoms. The van der Waals surface area contributed by atoms with Crippen LogP contribution in [-0.2, 0) is 23.7 Å². The summed E-state index contributed by atoms with van der Waals surface area (Å²) in [7, 11) is 0. The van der Waals surface area contributed by atoms with Gasteiger partial charge in [-0.3, -0.25) is 4.79 Å². The molecule has 80 heavy (non-hydrogen) atoms. The van der Waals surface area contributed by atoms with Gasteiger partial charge in [0, 0.05) is 6.42 Å². The summed E-state index contributed by atoms with van der Waals surface area (Å²) in [6.07, 6.45) is 44.2. The molecule has 12 unspecified atom stereocenters. The predicted octanol–water partition coefficient (Wildman–Crippen LogP) is 13.2. The number of amides is 1. The largest absolute Gasteiger partial charge is 0.394 e. The lowest BCUT2D eigenvalue weighted by Gasteiger charge is -2.46. The van der Waals surface area contributed by atoms with Crippen molar-refractivity contribution in [1.29, 1.82) is 0 Å². The molecule has 0 saturated carbocycles. The van der Waals surface area contributed by atoms with Crippen LogP contribution in [0, 0.1) is 0 Å². The average molecular weight is 1140 g/mol. The Hall–Kier alpha value is -1.01. The number of nitrogens with one attached hydrogen (secondary N) is 1. The van der Waals surface area contributed by atoms with Gasteiger partial charge in [0.05, 0.1) is 32.0 Å². The number of hydrogen-bond donors (Lipinski definition) is 9. The van der Waals surface area contributed by atoms with Crippen LogP contribution in [0.2, 0.25) is 0 Å². The second kappa shape index (κ2) is 52.3. The lowest BCUT2D eigenvalue weighted by molar-refractivity contribution is -0.359. The smallest absolute Gasteiger partial charge is 0.220 e. The fourth-order valence-electron chi connectivity index (χ4n) is 11.8. The first-order chi connectivity index (χ1) is 39.1. The molecular weight excluding hydrogens is 1010 g/mol. The third kappa shape index (κ3) is 36.7. The van der Waals surface area contributed by atoms with Gasteiger partial charge >= 0.3 is 0 Å². The molecule has 2 fully saturated rings. The number of aliphatic hydroxyl groups is 8. The van der Waals surface area contributed by atoms with Gasteiger partial charge in [0.2, 0.25) is 5.91 Å². The maximum Gasteiger partial charge on any atom is 0.220 e. The van der Waals surface area contributed by atoms with E-state index >= 15 is 0 Å². The maximum absolute atomic E-state index is 13.3. The number of carbonyl (C=O) groups is 1. The average Bonchev–Trinajstić information content (AvgIpc) is 3.46. The van der Waals surface area contributed by atoms with Gasteiger partial charge in [-0.25, -0.2) is 0 Å². The Bertz CT molecular complexity index is 1350. The molecule has 2 rings (SSSR count). The van der Waals surface area contributed by atoms with E-state index in [1.807, 2.05) is 0 Å². The van der Waals surface area contributed by atoms with Crippen molar-refractivity contribution in [3.63, 3.8) is 0 Å². The Labute approximate surface area is 489 Å². The molecule has 0 aromatic heterocycles. The Balaban J connectivity index is 1.62. The van der Waals surface area contributed by atoms with Crippen LogP contribution in [-0.4, -0.2) is 140 Å². The van der Waals surface area contributed by atoms with E-state index in [2.05, 4.69) is 19.2 Å². The highest BCUT2D eigenvalue weighted by Crippen LogP contribution is 2.30. The Morgan fingerprint density at radius 1 is 0.400 bits per heavy atom. The standard InChI is InChI=1S/C66H129NO13/c1-3-5-7-9-11-13-15-17-19-20-21-22-23-24-25-26-27-28-29-30-31-32-33-34-36-38-40-42-44-46-48-50-58(71)67-54(55(70)49-47-45-43-41-39-37-35-18-16-14-12-10-8-6-4-2)53-77-65-63(76)61(74)64(57(52-69)79-65)80-66-62(75)60(73)59(72)56(51-68)78-66/h54-57,59-66,68-70,72-76H,3-53H2,1-2H3,(H,67,71). The van der Waals surface area contributed by atoms with E-state index in [0.717, 1.165) is 51.4 Å². The van der Waals surface area contributed by atoms with Gasteiger partial charge in [-0.1, -0.05) is 303 Å². The molecule has 0 aromatic rings. The molecular formula is C66H129NO13. The maximum atomic E-state index is 13.3. The summed E-state index contributed by atoms with van der Waals surface area (Å²) in [4.78, 5) is 13.3. The number of hydrogen-bond acceptors (Lipinski definition) is 13. The zero-order valence-corrected chi connectivity index (χ0v) is 51.6. The van der Waals surface area contributed by atoms with Gasteiger partial charge in [-0.2, -0.15) is 0 Å². The minimum absolute atomic E-state index is 0.198. The fraction of sp³-hybridized carbons (Fsp3) is 0.985. The highest BCUT2D eigenvalue weighted by Gasteiger charge is 2.51. The van der Waals surface area contributed by atoms with Crippen molar-refractivity contribution in [1.82, 2.24) is 5.32 Å². The van der Waals surface area contributed by atoms with Crippen LogP contribution in [0.15, 0.2) is 0 Å². The molecule has 0 radical (unpaired) electrons. The van der Waals surface area contributed by atoms with E-state index in [9.17, 15) is 45.6 Å². The number of unbranched alkanes of at least 4 members (excludes halogenated alkanes) is 44. The van der Waals surface area contributed by atoms with Gasteiger partial charge < -0.3 is 65.1 Å². The predicted molar refractivity (Wildman–Crippen MR) is 323 cm³/mol. The molecule has 2 saturated heterocycles. The van der Waals surface area contributed by atoms with E-state index < -0.39 is 86.8 Å². The highest BCUT2D eigenvalue weighted by molar-refractivity contribution is 5.76. The first kappa shape index (κ1) is 75.1. The van der Waals surface area contributed by atoms with Gasteiger partial charge in [0.15, 0.2) is 12.6 Å². The van der Waals surface area contributed by atoms with E-state index in [1.54, 1.807) is 0 Å². The highest BCUT2D eigenvalue weighted by atomic mass is 16.7. The Morgan fingerprint density at radius 3 is 1.06 bits per heavy atom. The van der Waals surface area contributed by atoms with Crippen molar-refractivity contribution in [2.24, 2.45) is 0 Å². The number of rotatable bonds is 57. The Morgan fingerprint density at radius 2 is 0.713 bits per heavy atom. The quantitative estimate of drug-likeness (QED) is 0.0259. The fourth-order valence-corrected chi connectivity index (χ4v) is 11.8. The minimum atomic E-state index is -1.78. The molecule has 2 heterocycles. The van der Waals surface area contributed by atoms with E-state index in [1.165, 1.54) is 244 Å². The van der Waals surface area contributed by atoms with Crippen LogP contribution in [0.4, 0.5) is 0 Å². The van der Waals surface area contributed by atoms with Crippen LogP contribution in [0.3, 0.4) is 0 Å². The first-order valence-corrected chi connectivity index (χ1v) is 34.3. The summed E-state index contributed by atoms with van der Waals surface area (Å²) in [5.74, 6) is -0.198. The third-order valence-corrected chi connectivity index (χ3v) is 17.3. The van der Waals surface area contributed by atoms with Crippen LogP contribution >= 0.6 is 0 Å². The van der Waals surface area contributed by atoms with Crippen molar-refractivity contribution in [2.45, 2.75) is 396 Å². The number of ether oxygens (including phenoxy) is 4. The molecule has 9 N–H and O–H groups in total. The van der Waals surface area contributed by atoms with Gasteiger partial charge in [-0.05, 0) is 12.8 Å². The van der Waals surface area contributed by atoms with Gasteiger partial charge in [0.1, 0.15) is 48.8 Å². The van der Waals surface area contributed by atoms with Gasteiger partial charge in [-0.15, -0.1) is 0 Å². The summed E-state index contributed by atoms with van der Waals surface area (Å²) in [6.45, 7) is 2.91. The molecule has 0 aliphatic carbocycles. The van der Waals surface area contributed by atoms with Gasteiger partial charge in [0.25, 0.3) is 0 Å². The van der Waals surface area contributed by atoms with Crippen molar-refractivity contribution >= 4 is 5.91 Å². The SMILES string of the molecule is CCCCCCCCCCCCCCCCCCCCCCCCCCCCCCCCCC(=O)NC(COC1OC(CO)C(OC2OC(CO)C(O)C(O)C2O)C(O)C1O)C(O)CCCCCCCCCCCCCCCCC. The number of carbonyl (C=O) groups excluding carboxylic acids is 1. The molecule has 476 valence electrons. The third-order valence-electron chi connectivity index (χ3n) is 17.3. The second-order valence-corrected chi connectivity index (χ2v) is 24.7. The van der Waals surface area contributed by atoms with E-state index in [-0.39, 0.29) is 12.5 Å². The van der Waals surface area contributed by atoms with E-state index in [0.29, 0.717) is 12.8 Å². The summed E-state index contributed by atoms with van der Waals surface area (Å²) < 4.78 is 22.9. The van der Waals surface area contributed by atoms with Crippen LogP contribution in [0.5, 0.6) is 0 Å². The van der Waals surface area contributed by atoms with Crippen molar-refractivity contribution in [2.75, 3.05) is 19.8 Å². The first-order valence-electron chi connectivity index (χ1n) is 34.3. The van der Waals surface area contributed by atoms with Crippen LogP contribution in [0.25, 0.3) is 0 Å². The summed E-state index contributed by atoms with van der Waals surface area (Å²) in [6, 6.07) is -0.823. The van der Waals surface area contributed by atoms with Crippen molar-refractivity contribution in [3.8, 4) is 0 Å². The molecule has 2 aliphatic heterocycles. The second-order valence-electron chi connectivity index (χ2n) is 24.7. The molecule has 14 nitrogen and oxygen atoms in total. The monoisotopic (exact) mass is 1140 g/mol. The molecule has 0 bridgehead atoms. The molecule has 0 aromatic carbocycles. The zero-order valence-electron chi connectivity index (χ0n) is 51.6. The Kier molecular flexibility index (Phi) is 49.1. The summed E-state index contributed by atoms with van der Waals surface area (Å²) >= 11 is 0. The topological polar surface area (TPSA) is 228 Å². The van der Waals surface area contributed by atoms with Crippen LogP contribution < -0.4 is 5.32 Å². The normalized spacial score (nSPS) is 24.1. The molecule has 12 atom stereocenters. The molecule has 0 spiro atoms. The van der Waals surface area contributed by atoms with Crippen molar-refractivity contribution in [3.05, 3.63) is 0 Å². The lowest BCUT2D eigenvalue weighted by Crippen LogP contribution is -2.65. The summed E-state index contributed by atoms with van der Waals surface area (Å²) in [5, 5.41) is 87.4. The van der Waals surface area contributed by atoms with Crippen LogP contribution in [0.1, 0.15) is 322 Å². The lowest BCUT2D eigenvalue weighted by atomic mass is 9.97.